The first-order valence-electron chi connectivity index (χ1n) is 6.36. The van der Waals surface area contributed by atoms with Crippen LogP contribution in [0, 0.1) is 6.92 Å². The number of rotatable bonds is 5. The average Bonchev–Trinajstić information content (AvgIpc) is 2.46. The Morgan fingerprint density at radius 1 is 1.38 bits per heavy atom. The SMILES string of the molecule is C=CCNC(=O)c1cc(Nc2ccccc2Cl)nc(C)n1. The molecule has 0 spiro atoms. The third kappa shape index (κ3) is 4.03. The summed E-state index contributed by atoms with van der Waals surface area (Å²) in [5.74, 6) is 0.734. The first-order chi connectivity index (χ1) is 10.1. The van der Waals surface area contributed by atoms with Crippen molar-refractivity contribution in [1.82, 2.24) is 15.3 Å². The van der Waals surface area contributed by atoms with Crippen LogP contribution in [0.5, 0.6) is 0 Å². The molecule has 0 fully saturated rings. The summed E-state index contributed by atoms with van der Waals surface area (Å²) in [7, 11) is 0. The Morgan fingerprint density at radius 3 is 2.86 bits per heavy atom. The van der Waals surface area contributed by atoms with E-state index in [0.717, 1.165) is 5.69 Å². The summed E-state index contributed by atoms with van der Waals surface area (Å²) in [6.07, 6.45) is 1.61. The number of aromatic nitrogens is 2. The van der Waals surface area contributed by atoms with Gasteiger partial charge in [-0.05, 0) is 19.1 Å². The second kappa shape index (κ2) is 6.85. The second-order valence-electron chi connectivity index (χ2n) is 4.29. The first-order valence-corrected chi connectivity index (χ1v) is 6.74. The summed E-state index contributed by atoms with van der Waals surface area (Å²) in [6.45, 7) is 5.66. The number of nitrogens with one attached hydrogen (secondary N) is 2. The molecular weight excluding hydrogens is 288 g/mol. The van der Waals surface area contributed by atoms with Gasteiger partial charge in [0.05, 0.1) is 10.7 Å². The fourth-order valence-electron chi connectivity index (χ4n) is 1.70. The number of hydrogen-bond acceptors (Lipinski definition) is 4. The number of nitrogens with zero attached hydrogens (tertiary/aromatic N) is 2. The van der Waals surface area contributed by atoms with Crippen molar-refractivity contribution in [2.75, 3.05) is 11.9 Å². The molecule has 0 aliphatic heterocycles. The molecule has 1 aromatic carbocycles. The van der Waals surface area contributed by atoms with Crippen molar-refractivity contribution in [3.63, 3.8) is 0 Å². The van der Waals surface area contributed by atoms with Crippen molar-refractivity contribution in [3.8, 4) is 0 Å². The highest BCUT2D eigenvalue weighted by atomic mass is 35.5. The minimum atomic E-state index is -0.275. The van der Waals surface area contributed by atoms with Crippen LogP contribution in [0.25, 0.3) is 0 Å². The summed E-state index contributed by atoms with van der Waals surface area (Å²) in [5.41, 5.74) is 1.01. The van der Waals surface area contributed by atoms with Crippen molar-refractivity contribution in [2.24, 2.45) is 0 Å². The highest BCUT2D eigenvalue weighted by molar-refractivity contribution is 6.33. The summed E-state index contributed by atoms with van der Waals surface area (Å²) in [5, 5.41) is 6.33. The second-order valence-corrected chi connectivity index (χ2v) is 4.70. The number of amides is 1. The molecule has 0 aliphatic rings. The maximum Gasteiger partial charge on any atom is 0.270 e. The van der Waals surface area contributed by atoms with Crippen molar-refractivity contribution in [1.29, 1.82) is 0 Å². The maximum absolute atomic E-state index is 11.9. The molecule has 0 aliphatic carbocycles. The summed E-state index contributed by atoms with van der Waals surface area (Å²) in [4.78, 5) is 20.3. The number of anilines is 2. The van der Waals surface area contributed by atoms with E-state index >= 15 is 0 Å². The zero-order chi connectivity index (χ0) is 15.2. The van der Waals surface area contributed by atoms with Gasteiger partial charge in [0.25, 0.3) is 5.91 Å². The molecule has 1 amide bonds. The van der Waals surface area contributed by atoms with E-state index in [1.807, 2.05) is 18.2 Å². The van der Waals surface area contributed by atoms with Gasteiger partial charge in [0, 0.05) is 12.6 Å². The smallest absolute Gasteiger partial charge is 0.270 e. The van der Waals surface area contributed by atoms with Gasteiger partial charge in [0.2, 0.25) is 0 Å². The number of carbonyl (C=O) groups excluding carboxylic acids is 1. The van der Waals surface area contributed by atoms with Crippen LogP contribution in [-0.4, -0.2) is 22.4 Å². The molecule has 2 N–H and O–H groups in total. The molecule has 6 heteroatoms. The Morgan fingerprint density at radius 2 is 2.14 bits per heavy atom. The Balaban J connectivity index is 2.25. The van der Waals surface area contributed by atoms with Gasteiger partial charge in [-0.3, -0.25) is 4.79 Å². The fraction of sp³-hybridized carbons (Fsp3) is 0.133. The highest BCUT2D eigenvalue weighted by Crippen LogP contribution is 2.24. The Bertz CT molecular complexity index is 672. The van der Waals surface area contributed by atoms with E-state index in [2.05, 4.69) is 27.2 Å². The van der Waals surface area contributed by atoms with E-state index in [-0.39, 0.29) is 5.91 Å². The average molecular weight is 303 g/mol. The van der Waals surface area contributed by atoms with Crippen LogP contribution in [-0.2, 0) is 0 Å². The summed E-state index contributed by atoms with van der Waals surface area (Å²) >= 11 is 6.09. The van der Waals surface area contributed by atoms with Crippen LogP contribution in [0.15, 0.2) is 43.0 Å². The van der Waals surface area contributed by atoms with E-state index in [0.29, 0.717) is 28.9 Å². The van der Waals surface area contributed by atoms with Gasteiger partial charge in [-0.1, -0.05) is 29.8 Å². The first kappa shape index (κ1) is 15.0. The van der Waals surface area contributed by atoms with E-state index in [4.69, 9.17) is 11.6 Å². The monoisotopic (exact) mass is 302 g/mol. The minimum Gasteiger partial charge on any atom is -0.347 e. The third-order valence-electron chi connectivity index (χ3n) is 2.61. The fourth-order valence-corrected chi connectivity index (χ4v) is 1.89. The van der Waals surface area contributed by atoms with Gasteiger partial charge in [-0.2, -0.15) is 0 Å². The third-order valence-corrected chi connectivity index (χ3v) is 2.94. The predicted molar refractivity (Wildman–Crippen MR) is 84.0 cm³/mol. The van der Waals surface area contributed by atoms with Crippen LogP contribution in [0.1, 0.15) is 16.3 Å². The van der Waals surface area contributed by atoms with Gasteiger partial charge in [0.15, 0.2) is 0 Å². The number of benzene rings is 1. The molecular formula is C15H15ClN4O. The molecule has 108 valence electrons. The van der Waals surface area contributed by atoms with E-state index in [9.17, 15) is 4.79 Å². The van der Waals surface area contributed by atoms with Gasteiger partial charge < -0.3 is 10.6 Å². The molecule has 5 nitrogen and oxygen atoms in total. The Kier molecular flexibility index (Phi) is 4.90. The van der Waals surface area contributed by atoms with Crippen LogP contribution in [0.2, 0.25) is 5.02 Å². The molecule has 0 radical (unpaired) electrons. The number of halogens is 1. The molecule has 0 bridgehead atoms. The number of hydrogen-bond donors (Lipinski definition) is 2. The van der Waals surface area contributed by atoms with E-state index in [1.54, 1.807) is 25.1 Å². The number of carbonyl (C=O) groups is 1. The zero-order valence-corrected chi connectivity index (χ0v) is 12.3. The minimum absolute atomic E-state index is 0.275. The van der Waals surface area contributed by atoms with Gasteiger partial charge in [-0.25, -0.2) is 9.97 Å². The van der Waals surface area contributed by atoms with Crippen molar-refractivity contribution >= 4 is 29.0 Å². The van der Waals surface area contributed by atoms with Crippen LogP contribution in [0.4, 0.5) is 11.5 Å². The number of aryl methyl sites for hydroxylation is 1. The molecule has 0 unspecified atom stereocenters. The van der Waals surface area contributed by atoms with Crippen LogP contribution < -0.4 is 10.6 Å². The van der Waals surface area contributed by atoms with Crippen LogP contribution in [0.3, 0.4) is 0 Å². The lowest BCUT2D eigenvalue weighted by Gasteiger charge is -2.09. The van der Waals surface area contributed by atoms with E-state index in [1.165, 1.54) is 0 Å². The predicted octanol–water partition coefficient (Wildman–Crippen LogP) is 3.10. The largest absolute Gasteiger partial charge is 0.347 e. The lowest BCUT2D eigenvalue weighted by Crippen LogP contribution is -2.24. The molecule has 0 saturated heterocycles. The quantitative estimate of drug-likeness (QED) is 0.833. The van der Waals surface area contributed by atoms with Crippen molar-refractivity contribution < 1.29 is 4.79 Å². The lowest BCUT2D eigenvalue weighted by molar-refractivity contribution is 0.0952. The van der Waals surface area contributed by atoms with Gasteiger partial charge in [-0.15, -0.1) is 6.58 Å². The van der Waals surface area contributed by atoms with Crippen molar-refractivity contribution in [3.05, 3.63) is 59.5 Å². The number of para-hydroxylation sites is 1. The van der Waals surface area contributed by atoms with E-state index < -0.39 is 0 Å². The molecule has 2 rings (SSSR count). The molecule has 0 atom stereocenters. The zero-order valence-electron chi connectivity index (χ0n) is 11.6. The molecule has 1 aromatic heterocycles. The molecule has 1 heterocycles. The van der Waals surface area contributed by atoms with Gasteiger partial charge >= 0.3 is 0 Å². The van der Waals surface area contributed by atoms with Crippen molar-refractivity contribution in [2.45, 2.75) is 6.92 Å². The molecule has 21 heavy (non-hydrogen) atoms. The summed E-state index contributed by atoms with van der Waals surface area (Å²) in [6, 6.07) is 8.88. The Labute approximate surface area is 128 Å². The lowest BCUT2D eigenvalue weighted by atomic mass is 10.3. The Hall–Kier alpha value is -2.40. The summed E-state index contributed by atoms with van der Waals surface area (Å²) < 4.78 is 0. The topological polar surface area (TPSA) is 66.9 Å². The highest BCUT2D eigenvalue weighted by Gasteiger charge is 2.10. The molecule has 0 saturated carbocycles. The maximum atomic E-state index is 11.9. The molecule has 2 aromatic rings. The van der Waals surface area contributed by atoms with Gasteiger partial charge in [0.1, 0.15) is 17.3 Å². The van der Waals surface area contributed by atoms with Crippen LogP contribution >= 0.6 is 11.6 Å². The normalized spacial score (nSPS) is 10.0. The standard InChI is InChI=1S/C15H15ClN4O/c1-3-8-17-15(21)13-9-14(19-10(2)18-13)20-12-7-5-4-6-11(12)16/h3-7,9H,1,8H2,2H3,(H,17,21)(H,18,19,20).